The summed E-state index contributed by atoms with van der Waals surface area (Å²) in [5.41, 5.74) is 5.46. The lowest BCUT2D eigenvalue weighted by Crippen LogP contribution is -2.62. The minimum absolute atomic E-state index is 0.604. The average Bonchev–Trinajstić information content (AvgIpc) is 2.30. The molecule has 0 aliphatic carbocycles. The molecule has 0 aromatic carbocycles. The van der Waals surface area contributed by atoms with E-state index >= 15 is 0 Å². The highest BCUT2D eigenvalue weighted by atomic mass is 31.2. The van der Waals surface area contributed by atoms with Crippen LogP contribution in [0.15, 0.2) is 0 Å². The first kappa shape index (κ1) is 15.0. The number of hydrogen-bond acceptors (Lipinski definition) is 8. The van der Waals surface area contributed by atoms with Gasteiger partial charge in [-0.3, -0.25) is 9.05 Å². The van der Waals surface area contributed by atoms with Crippen molar-refractivity contribution in [1.29, 1.82) is 0 Å². The third kappa shape index (κ3) is 3.44. The fourth-order valence-electron chi connectivity index (χ4n) is 1.37. The second-order valence-corrected chi connectivity index (χ2v) is 5.05. The van der Waals surface area contributed by atoms with Crippen LogP contribution >= 0.6 is 7.82 Å². The second-order valence-electron chi connectivity index (χ2n) is 3.54. The third-order valence-corrected chi connectivity index (χ3v) is 3.33. The Morgan fingerprint density at radius 1 is 1.41 bits per heavy atom. The van der Waals surface area contributed by atoms with Crippen LogP contribution in [0, 0.1) is 0 Å². The molecule has 1 fully saturated rings. The highest BCUT2D eigenvalue weighted by molar-refractivity contribution is 7.47. The SMILES string of the molecule is COP(=O)(O)O[C@H]1OC(CO)[C@H](O)[C@H](O)C1N. The fourth-order valence-corrected chi connectivity index (χ4v) is 1.91. The summed E-state index contributed by atoms with van der Waals surface area (Å²) in [6.45, 7) is -0.604. The zero-order chi connectivity index (χ0) is 13.2. The maximum atomic E-state index is 11.1. The first-order valence-electron chi connectivity index (χ1n) is 4.77. The van der Waals surface area contributed by atoms with Crippen LogP contribution in [-0.2, 0) is 18.3 Å². The first-order valence-corrected chi connectivity index (χ1v) is 6.27. The number of aliphatic hydroxyl groups excluding tert-OH is 3. The van der Waals surface area contributed by atoms with Crippen LogP contribution in [0.5, 0.6) is 0 Å². The maximum absolute atomic E-state index is 11.1. The molecule has 1 aliphatic rings. The van der Waals surface area contributed by atoms with E-state index in [1.165, 1.54) is 0 Å². The largest absolute Gasteiger partial charge is 0.474 e. The van der Waals surface area contributed by atoms with E-state index in [-0.39, 0.29) is 0 Å². The quantitative estimate of drug-likeness (QED) is 0.350. The van der Waals surface area contributed by atoms with E-state index in [9.17, 15) is 14.8 Å². The predicted molar refractivity (Wildman–Crippen MR) is 53.7 cm³/mol. The summed E-state index contributed by atoms with van der Waals surface area (Å²) in [5, 5.41) is 27.9. The Balaban J connectivity index is 2.75. The molecule has 17 heavy (non-hydrogen) atoms. The molecule has 0 radical (unpaired) electrons. The minimum Gasteiger partial charge on any atom is -0.394 e. The molecule has 1 saturated heterocycles. The number of aliphatic hydroxyl groups is 3. The molecule has 102 valence electrons. The molecule has 0 saturated carbocycles. The van der Waals surface area contributed by atoms with Crippen molar-refractivity contribution in [3.63, 3.8) is 0 Å². The molecule has 10 heteroatoms. The van der Waals surface area contributed by atoms with Gasteiger partial charge < -0.3 is 30.7 Å². The van der Waals surface area contributed by atoms with Crippen LogP contribution in [0.1, 0.15) is 0 Å². The van der Waals surface area contributed by atoms with Crippen LogP contribution in [0.3, 0.4) is 0 Å². The van der Waals surface area contributed by atoms with Crippen LogP contribution < -0.4 is 5.73 Å². The van der Waals surface area contributed by atoms with Crippen LogP contribution in [-0.4, -0.2) is 64.6 Å². The van der Waals surface area contributed by atoms with Crippen molar-refractivity contribution in [2.24, 2.45) is 5.73 Å². The van der Waals surface area contributed by atoms with Gasteiger partial charge >= 0.3 is 7.82 Å². The van der Waals surface area contributed by atoms with Crippen molar-refractivity contribution in [2.45, 2.75) is 30.6 Å². The third-order valence-electron chi connectivity index (χ3n) is 2.40. The molecule has 1 rings (SSSR count). The monoisotopic (exact) mass is 273 g/mol. The molecule has 0 spiro atoms. The first-order chi connectivity index (χ1) is 7.82. The smallest absolute Gasteiger partial charge is 0.394 e. The Hall–Kier alpha value is -0.0900. The Morgan fingerprint density at radius 3 is 2.47 bits per heavy atom. The van der Waals surface area contributed by atoms with Crippen molar-refractivity contribution < 1.29 is 38.6 Å². The fraction of sp³-hybridized carbons (Fsp3) is 1.00. The Labute approximate surface area is 97.3 Å². The van der Waals surface area contributed by atoms with Crippen molar-refractivity contribution in [1.82, 2.24) is 0 Å². The number of nitrogens with two attached hydrogens (primary N) is 1. The summed E-state index contributed by atoms with van der Waals surface area (Å²) in [4.78, 5) is 9.07. The van der Waals surface area contributed by atoms with E-state index in [4.69, 9.17) is 20.5 Å². The van der Waals surface area contributed by atoms with Gasteiger partial charge in [0.05, 0.1) is 12.6 Å². The van der Waals surface area contributed by atoms with Crippen molar-refractivity contribution in [3.8, 4) is 0 Å². The number of hydrogen-bond donors (Lipinski definition) is 5. The van der Waals surface area contributed by atoms with Crippen LogP contribution in [0.4, 0.5) is 0 Å². The highest BCUT2D eigenvalue weighted by Crippen LogP contribution is 2.45. The normalized spacial score (nSPS) is 42.1. The zero-order valence-corrected chi connectivity index (χ0v) is 9.93. The van der Waals surface area contributed by atoms with Crippen LogP contribution in [0.25, 0.3) is 0 Å². The lowest BCUT2D eigenvalue weighted by atomic mass is 9.98. The molecule has 9 nitrogen and oxygen atoms in total. The van der Waals surface area contributed by atoms with Gasteiger partial charge in [-0.2, -0.15) is 0 Å². The molecule has 3 unspecified atom stereocenters. The molecular formula is C7H16NO8P. The molecular weight excluding hydrogens is 257 g/mol. The van der Waals surface area contributed by atoms with Crippen LogP contribution in [0.2, 0.25) is 0 Å². The van der Waals surface area contributed by atoms with E-state index in [0.717, 1.165) is 7.11 Å². The van der Waals surface area contributed by atoms with E-state index in [2.05, 4.69) is 9.05 Å². The predicted octanol–water partition coefficient (Wildman–Crippen LogP) is -2.48. The number of phosphoric ester groups is 1. The second kappa shape index (κ2) is 5.70. The molecule has 1 aliphatic heterocycles. The van der Waals surface area contributed by atoms with Crippen molar-refractivity contribution in [3.05, 3.63) is 0 Å². The summed E-state index contributed by atoms with van der Waals surface area (Å²) >= 11 is 0. The molecule has 1 heterocycles. The van der Waals surface area contributed by atoms with Gasteiger partial charge in [-0.1, -0.05) is 0 Å². The Morgan fingerprint density at radius 2 is 2.00 bits per heavy atom. The van der Waals surface area contributed by atoms with Gasteiger partial charge in [-0.15, -0.1) is 0 Å². The summed E-state index contributed by atoms with van der Waals surface area (Å²) in [6.07, 6.45) is -5.49. The minimum atomic E-state index is -4.34. The van der Waals surface area contributed by atoms with Gasteiger partial charge in [0.15, 0.2) is 6.29 Å². The molecule has 6 atom stereocenters. The van der Waals surface area contributed by atoms with Gasteiger partial charge in [0.25, 0.3) is 0 Å². The van der Waals surface area contributed by atoms with Crippen molar-refractivity contribution in [2.75, 3.05) is 13.7 Å². The lowest BCUT2D eigenvalue weighted by molar-refractivity contribution is -0.243. The van der Waals surface area contributed by atoms with E-state index in [1.54, 1.807) is 0 Å². The van der Waals surface area contributed by atoms with E-state index in [1.807, 2.05) is 0 Å². The number of rotatable bonds is 4. The molecule has 0 amide bonds. The van der Waals surface area contributed by atoms with E-state index < -0.39 is 45.1 Å². The van der Waals surface area contributed by atoms with Crippen molar-refractivity contribution >= 4 is 7.82 Å². The molecule has 0 aromatic heterocycles. The summed E-state index contributed by atoms with van der Waals surface area (Å²) in [6, 6.07) is -1.25. The van der Waals surface area contributed by atoms with E-state index in [0.29, 0.717) is 0 Å². The summed E-state index contributed by atoms with van der Waals surface area (Å²) in [7, 11) is -3.39. The zero-order valence-electron chi connectivity index (χ0n) is 9.04. The standard InChI is InChI=1S/C7H16NO8P/c1-14-17(12,13)16-7-4(8)6(11)5(10)3(2-9)15-7/h3-7,9-11H,2,8H2,1H3,(H,12,13)/t3?,4?,5-,6+,7+/m0/s1. The van der Waals surface area contributed by atoms with Gasteiger partial charge in [0.2, 0.25) is 0 Å². The molecule has 0 bridgehead atoms. The Kier molecular flexibility index (Phi) is 5.02. The average molecular weight is 273 g/mol. The Bertz CT molecular complexity index is 300. The number of ether oxygens (including phenoxy) is 1. The highest BCUT2D eigenvalue weighted by Gasteiger charge is 2.45. The van der Waals surface area contributed by atoms with Gasteiger partial charge in [0, 0.05) is 7.11 Å². The lowest BCUT2D eigenvalue weighted by Gasteiger charge is -2.40. The molecule has 6 N–H and O–H groups in total. The topological polar surface area (TPSA) is 152 Å². The van der Waals surface area contributed by atoms with Gasteiger partial charge in [-0.25, -0.2) is 4.57 Å². The summed E-state index contributed by atoms with van der Waals surface area (Å²) in [5.74, 6) is 0. The van der Waals surface area contributed by atoms with Gasteiger partial charge in [0.1, 0.15) is 18.3 Å². The number of phosphoric acid groups is 1. The van der Waals surface area contributed by atoms with Gasteiger partial charge in [-0.05, 0) is 0 Å². The maximum Gasteiger partial charge on any atom is 0.474 e. The molecule has 0 aromatic rings. The summed E-state index contributed by atoms with van der Waals surface area (Å²) < 4.78 is 24.8.